The van der Waals surface area contributed by atoms with Gasteiger partial charge in [0, 0.05) is 19.3 Å². The number of esters is 7. The molecule has 0 saturated heterocycles. The molecule has 0 heterocycles. The number of ether oxygens (including phenoxy) is 7. The Hall–Kier alpha value is -3.71. The van der Waals surface area contributed by atoms with E-state index in [2.05, 4.69) is 0 Å². The first-order valence-electron chi connectivity index (χ1n) is 17.5. The third-order valence-corrected chi connectivity index (χ3v) is 7.83. The predicted molar refractivity (Wildman–Crippen MR) is 176 cm³/mol. The Morgan fingerprint density at radius 3 is 0.857 bits per heavy atom. The second kappa shape index (κ2) is 25.3. The van der Waals surface area contributed by atoms with Crippen molar-refractivity contribution in [3.63, 3.8) is 0 Å². The van der Waals surface area contributed by atoms with Crippen molar-refractivity contribution in [2.75, 3.05) is 19.8 Å². The minimum Gasteiger partial charge on any atom is -0.465 e. The SMILES string of the molecule is CCC(=O)OC(CC)CC(=O)OCC(CC)(COC(=O)CC(CC)OC(=O)CC)COC(=O)CC(CC)OC(=O)CC(CC)OC(=O)CC. The monoisotopic (exact) mass is 702 g/mol. The van der Waals surface area contributed by atoms with Crippen molar-refractivity contribution < 1.29 is 66.7 Å². The molecule has 14 heteroatoms. The highest BCUT2D eigenvalue weighted by molar-refractivity contribution is 5.75. The Morgan fingerprint density at radius 1 is 0.388 bits per heavy atom. The van der Waals surface area contributed by atoms with E-state index in [0.29, 0.717) is 25.7 Å². The van der Waals surface area contributed by atoms with Crippen molar-refractivity contribution in [1.29, 1.82) is 0 Å². The molecule has 0 aromatic rings. The summed E-state index contributed by atoms with van der Waals surface area (Å²) in [5, 5.41) is 0. The van der Waals surface area contributed by atoms with Crippen LogP contribution in [0.1, 0.15) is 132 Å². The Bertz CT molecular complexity index is 1010. The fraction of sp³-hybridized carbons (Fsp3) is 0.800. The molecule has 0 aromatic heterocycles. The zero-order valence-electron chi connectivity index (χ0n) is 30.6. The molecule has 0 N–H and O–H groups in total. The molecule has 0 aliphatic rings. The maximum Gasteiger partial charge on any atom is 0.309 e. The molecule has 0 aliphatic carbocycles. The highest BCUT2D eigenvalue weighted by Gasteiger charge is 2.35. The Balaban J connectivity index is 5.62. The van der Waals surface area contributed by atoms with Gasteiger partial charge in [-0.15, -0.1) is 0 Å². The summed E-state index contributed by atoms with van der Waals surface area (Å²) in [4.78, 5) is 86.0. The van der Waals surface area contributed by atoms with Crippen LogP contribution in [0.3, 0.4) is 0 Å². The zero-order valence-corrected chi connectivity index (χ0v) is 30.6. The van der Waals surface area contributed by atoms with Crippen molar-refractivity contribution in [1.82, 2.24) is 0 Å². The first kappa shape index (κ1) is 45.3. The molecule has 4 atom stereocenters. The summed E-state index contributed by atoms with van der Waals surface area (Å²) in [6.07, 6.45) is -1.36. The summed E-state index contributed by atoms with van der Waals surface area (Å²) < 4.78 is 37.9. The minimum absolute atomic E-state index is 0.156. The van der Waals surface area contributed by atoms with E-state index < -0.39 is 71.6 Å². The molecule has 0 rings (SSSR count). The lowest BCUT2D eigenvalue weighted by Crippen LogP contribution is -2.40. The largest absolute Gasteiger partial charge is 0.465 e. The molecule has 282 valence electrons. The fourth-order valence-corrected chi connectivity index (χ4v) is 4.17. The first-order valence-corrected chi connectivity index (χ1v) is 17.5. The highest BCUT2D eigenvalue weighted by atomic mass is 16.6. The summed E-state index contributed by atoms with van der Waals surface area (Å²) >= 11 is 0. The van der Waals surface area contributed by atoms with Crippen LogP contribution in [0.2, 0.25) is 0 Å². The first-order chi connectivity index (χ1) is 23.2. The van der Waals surface area contributed by atoms with Gasteiger partial charge in [-0.25, -0.2) is 0 Å². The molecular weight excluding hydrogens is 644 g/mol. The van der Waals surface area contributed by atoms with E-state index in [9.17, 15) is 33.6 Å². The summed E-state index contributed by atoms with van der Waals surface area (Å²) in [6.45, 7) is 12.8. The molecule has 0 saturated carbocycles. The molecule has 0 aliphatic heterocycles. The van der Waals surface area contributed by atoms with E-state index in [4.69, 9.17) is 33.2 Å². The lowest BCUT2D eigenvalue weighted by atomic mass is 9.88. The number of hydrogen-bond donors (Lipinski definition) is 0. The normalized spacial score (nSPS) is 14.5. The van der Waals surface area contributed by atoms with Crippen LogP contribution in [0.15, 0.2) is 0 Å². The van der Waals surface area contributed by atoms with Crippen molar-refractivity contribution >= 4 is 41.8 Å². The molecule has 0 aromatic carbocycles. The van der Waals surface area contributed by atoms with Gasteiger partial charge in [0.25, 0.3) is 0 Å². The van der Waals surface area contributed by atoms with E-state index in [1.165, 1.54) is 0 Å². The molecule has 0 fully saturated rings. The van der Waals surface area contributed by atoms with Crippen molar-refractivity contribution in [2.45, 2.75) is 157 Å². The van der Waals surface area contributed by atoms with E-state index in [1.54, 1.807) is 55.4 Å². The second-order valence-corrected chi connectivity index (χ2v) is 11.8. The van der Waals surface area contributed by atoms with Gasteiger partial charge in [-0.2, -0.15) is 0 Å². The number of rotatable bonds is 26. The van der Waals surface area contributed by atoms with Gasteiger partial charge >= 0.3 is 41.8 Å². The number of hydrogen-bond acceptors (Lipinski definition) is 14. The third kappa shape index (κ3) is 19.8. The maximum atomic E-state index is 12.9. The Morgan fingerprint density at radius 2 is 0.633 bits per heavy atom. The van der Waals surface area contributed by atoms with Gasteiger partial charge in [-0.05, 0) is 32.1 Å². The lowest BCUT2D eigenvalue weighted by Gasteiger charge is -2.31. The number of carbonyl (C=O) groups excluding carboxylic acids is 7. The van der Waals surface area contributed by atoms with Gasteiger partial charge in [0.05, 0.1) is 31.1 Å². The Kier molecular flexibility index (Phi) is 23.4. The average molecular weight is 703 g/mol. The Labute approximate surface area is 290 Å². The molecule has 0 bridgehead atoms. The van der Waals surface area contributed by atoms with Gasteiger partial charge < -0.3 is 33.2 Å². The van der Waals surface area contributed by atoms with Gasteiger partial charge in [0.15, 0.2) is 0 Å². The van der Waals surface area contributed by atoms with Crippen LogP contribution in [-0.4, -0.2) is 86.0 Å². The fourth-order valence-electron chi connectivity index (χ4n) is 4.17. The quantitative estimate of drug-likeness (QED) is 0.0857. The summed E-state index contributed by atoms with van der Waals surface area (Å²) in [7, 11) is 0. The minimum atomic E-state index is -1.15. The van der Waals surface area contributed by atoms with Crippen LogP contribution < -0.4 is 0 Å². The van der Waals surface area contributed by atoms with Gasteiger partial charge in [0.2, 0.25) is 0 Å². The molecule has 14 nitrogen and oxygen atoms in total. The van der Waals surface area contributed by atoms with E-state index in [0.717, 1.165) is 0 Å². The standard InChI is InChI=1S/C35H58O14/c1-9-24(46-28(36)13-5)17-31(39)43-21-35(16-8,22-44-32(40)18-25(10-2)47-29(37)14-6)23-45-33(41)19-26(11-3)49-34(42)20-27(12-4)48-30(38)15-7/h24-27H,9-23H2,1-8H3. The third-order valence-electron chi connectivity index (χ3n) is 7.83. The molecule has 0 amide bonds. The van der Waals surface area contributed by atoms with Gasteiger partial charge in [-0.3, -0.25) is 33.6 Å². The van der Waals surface area contributed by atoms with Crippen LogP contribution >= 0.6 is 0 Å². The zero-order chi connectivity index (χ0) is 37.4. The van der Waals surface area contributed by atoms with Gasteiger partial charge in [0.1, 0.15) is 44.2 Å². The van der Waals surface area contributed by atoms with Crippen molar-refractivity contribution in [3.8, 4) is 0 Å². The van der Waals surface area contributed by atoms with Crippen molar-refractivity contribution in [2.24, 2.45) is 5.41 Å². The summed E-state index contributed by atoms with van der Waals surface area (Å²) in [5.41, 5.74) is -1.15. The molecule has 0 spiro atoms. The average Bonchev–Trinajstić information content (AvgIpc) is 3.09. The van der Waals surface area contributed by atoms with Crippen LogP contribution in [-0.2, 0) is 66.7 Å². The topological polar surface area (TPSA) is 184 Å². The second-order valence-electron chi connectivity index (χ2n) is 11.8. The lowest BCUT2D eigenvalue weighted by molar-refractivity contribution is -0.166. The summed E-state index contributed by atoms with van der Waals surface area (Å²) in [6, 6.07) is 0. The van der Waals surface area contributed by atoms with E-state index >= 15 is 0 Å². The van der Waals surface area contributed by atoms with E-state index in [-0.39, 0.29) is 71.2 Å². The molecule has 0 radical (unpaired) electrons. The highest BCUT2D eigenvalue weighted by Crippen LogP contribution is 2.26. The molecule has 4 unspecified atom stereocenters. The number of carbonyl (C=O) groups is 7. The van der Waals surface area contributed by atoms with Gasteiger partial charge in [-0.1, -0.05) is 55.4 Å². The smallest absolute Gasteiger partial charge is 0.309 e. The maximum absolute atomic E-state index is 12.9. The van der Waals surface area contributed by atoms with Crippen LogP contribution in [0.25, 0.3) is 0 Å². The van der Waals surface area contributed by atoms with Crippen LogP contribution in [0, 0.1) is 5.41 Å². The van der Waals surface area contributed by atoms with Crippen molar-refractivity contribution in [3.05, 3.63) is 0 Å². The molecule has 49 heavy (non-hydrogen) atoms. The predicted octanol–water partition coefficient (Wildman–Crippen LogP) is 5.09. The van der Waals surface area contributed by atoms with Crippen LogP contribution in [0.5, 0.6) is 0 Å². The molecular formula is C35H58O14. The van der Waals surface area contributed by atoms with E-state index in [1.807, 2.05) is 0 Å². The summed E-state index contributed by atoms with van der Waals surface area (Å²) in [5.74, 6) is -3.96. The van der Waals surface area contributed by atoms with Crippen LogP contribution in [0.4, 0.5) is 0 Å².